The molecule has 0 radical (unpaired) electrons. The maximum Gasteiger partial charge on any atom is 0.413 e. The van der Waals surface area contributed by atoms with Crippen LogP contribution in [0.4, 0.5) is 14.7 Å². The van der Waals surface area contributed by atoms with Gasteiger partial charge in [-0.25, -0.2) is 14.6 Å². The van der Waals surface area contributed by atoms with Crippen LogP contribution in [0, 0.1) is 10.6 Å². The summed E-state index contributed by atoms with van der Waals surface area (Å²) in [5.74, 6) is -0.750. The highest BCUT2D eigenvalue weighted by Gasteiger charge is 2.41. The van der Waals surface area contributed by atoms with Gasteiger partial charge in [-0.1, -0.05) is 65.8 Å². The van der Waals surface area contributed by atoms with Crippen LogP contribution in [-0.4, -0.2) is 64.1 Å². The number of amides is 4. The van der Waals surface area contributed by atoms with Crippen LogP contribution in [0.1, 0.15) is 43.4 Å². The van der Waals surface area contributed by atoms with Gasteiger partial charge in [-0.05, 0) is 31.9 Å². The lowest BCUT2D eigenvalue weighted by Gasteiger charge is -2.36. The van der Waals surface area contributed by atoms with E-state index < -0.39 is 47.4 Å². The van der Waals surface area contributed by atoms with Crippen molar-refractivity contribution in [2.24, 2.45) is 0 Å². The highest BCUT2D eigenvalue weighted by atomic mass is 32.1. The van der Waals surface area contributed by atoms with E-state index >= 15 is 0 Å². The molecule has 2 atom stereocenters. The number of benzene rings is 2. The number of rotatable bonds is 15. The van der Waals surface area contributed by atoms with Gasteiger partial charge in [-0.3, -0.25) is 20.3 Å². The molecule has 1 aliphatic heterocycles. The predicted octanol–water partition coefficient (Wildman–Crippen LogP) is 4.21. The highest BCUT2D eigenvalue weighted by Crippen LogP contribution is 2.31. The summed E-state index contributed by atoms with van der Waals surface area (Å²) in [7, 11) is 0. The minimum Gasteiger partial charge on any atom is -0.618 e. The maximum absolute atomic E-state index is 13.2. The zero-order valence-corrected chi connectivity index (χ0v) is 31.7. The number of ether oxygens (including phenoxy) is 4. The summed E-state index contributed by atoms with van der Waals surface area (Å²) in [4.78, 5) is 53.6. The minimum atomic E-state index is -1.05. The van der Waals surface area contributed by atoms with E-state index in [0.29, 0.717) is 10.5 Å². The van der Waals surface area contributed by atoms with E-state index in [-0.39, 0.29) is 60.1 Å². The third-order valence-electron chi connectivity index (χ3n) is 7.98. The lowest BCUT2D eigenvalue weighted by Crippen LogP contribution is -2.72. The second-order valence-corrected chi connectivity index (χ2v) is 14.4. The molecule has 19 heteroatoms. The van der Waals surface area contributed by atoms with Gasteiger partial charge in [0.1, 0.15) is 36.3 Å². The monoisotopic (exact) mass is 798 g/mol. The Hall–Kier alpha value is -7.02. The molecule has 3 aromatic heterocycles. The van der Waals surface area contributed by atoms with Crippen molar-refractivity contribution in [2.45, 2.75) is 58.3 Å². The Balaban J connectivity index is 1.000. The van der Waals surface area contributed by atoms with Crippen molar-refractivity contribution >= 4 is 46.2 Å². The van der Waals surface area contributed by atoms with Crippen LogP contribution in [0.2, 0.25) is 0 Å². The van der Waals surface area contributed by atoms with Gasteiger partial charge < -0.3 is 44.6 Å². The van der Waals surface area contributed by atoms with E-state index in [1.165, 1.54) is 23.7 Å². The van der Waals surface area contributed by atoms with Gasteiger partial charge in [0.2, 0.25) is 23.5 Å². The highest BCUT2D eigenvalue weighted by molar-refractivity contribution is 7.14. The molecular formula is C38H38N8O10S. The number of aromatic nitrogens is 3. The second kappa shape index (κ2) is 17.6. The first-order valence-electron chi connectivity index (χ1n) is 17.4. The van der Waals surface area contributed by atoms with Crippen LogP contribution < -0.4 is 35.5 Å². The average molecular weight is 799 g/mol. The first kappa shape index (κ1) is 39.7. The standard InChI is InChI=1S/C38H38N8O10S/c1-38(2,3)55-37(50)44-35-42-27(21-57-35)31(39)33(47)43-32-26(41-34(32)48)16-40-36(49)54-20-24-14-25(45-56-24)28-15-29(52-18-22-10-6-4-7-11-22)30(17-46(28)51)53-19-23-12-8-5-9-13-23/h4-15,17,21,26,32,39H,16,18-20H2,1-3H3,(H,40,49)(H,41,48)(H,43,47)(H,42,44,50)/t26-,32+/m1/s1. The van der Waals surface area contributed by atoms with Gasteiger partial charge in [-0.2, -0.15) is 4.73 Å². The third kappa shape index (κ3) is 10.8. The molecule has 6 rings (SSSR count). The molecule has 57 heavy (non-hydrogen) atoms. The van der Waals surface area contributed by atoms with E-state index in [2.05, 4.69) is 31.4 Å². The number of carbonyl (C=O) groups excluding carboxylic acids is 4. The number of nitrogens with one attached hydrogen (secondary N) is 5. The molecule has 5 aromatic rings. The summed E-state index contributed by atoms with van der Waals surface area (Å²) in [5.41, 5.74) is 0.764. The smallest absolute Gasteiger partial charge is 0.413 e. The van der Waals surface area contributed by atoms with Gasteiger partial charge in [0.05, 0.1) is 12.1 Å². The molecular weight excluding hydrogens is 761 g/mol. The molecule has 0 spiro atoms. The molecule has 4 amide bonds. The fourth-order valence-electron chi connectivity index (χ4n) is 5.20. The number of alkyl carbamates (subject to hydrolysis) is 1. The molecule has 1 fully saturated rings. The quantitative estimate of drug-likeness (QED) is 0.0433. The van der Waals surface area contributed by atoms with Gasteiger partial charge in [-0.15, -0.1) is 11.3 Å². The molecule has 1 aliphatic rings. The zero-order chi connectivity index (χ0) is 40.5. The van der Waals surface area contributed by atoms with Crippen molar-refractivity contribution in [1.29, 1.82) is 5.41 Å². The number of nitrogens with zero attached hydrogens (tertiary/aromatic N) is 3. The molecule has 5 N–H and O–H groups in total. The van der Waals surface area contributed by atoms with Crippen LogP contribution in [0.25, 0.3) is 11.4 Å². The van der Waals surface area contributed by atoms with Crippen LogP contribution in [0.5, 0.6) is 11.5 Å². The molecule has 18 nitrogen and oxygen atoms in total. The number of hydrogen-bond donors (Lipinski definition) is 5. The molecule has 0 unspecified atom stereocenters. The first-order chi connectivity index (χ1) is 27.3. The number of thiazole rings is 1. The Labute approximate surface area is 329 Å². The lowest BCUT2D eigenvalue weighted by molar-refractivity contribution is -0.594. The normalized spacial score (nSPS) is 14.7. The van der Waals surface area contributed by atoms with Gasteiger partial charge in [0.25, 0.3) is 5.91 Å². The lowest BCUT2D eigenvalue weighted by atomic mass is 9.98. The molecule has 1 saturated heterocycles. The minimum absolute atomic E-state index is 0.0242. The summed E-state index contributed by atoms with van der Waals surface area (Å²) in [6.07, 6.45) is -0.362. The Bertz CT molecular complexity index is 2240. The van der Waals surface area contributed by atoms with E-state index in [9.17, 15) is 24.4 Å². The summed E-state index contributed by atoms with van der Waals surface area (Å²) in [5, 5.41) is 36.8. The number of β-lactam (4-membered cyclic amide) rings is 1. The van der Waals surface area contributed by atoms with Crippen molar-refractivity contribution in [2.75, 3.05) is 11.9 Å². The van der Waals surface area contributed by atoms with Crippen LogP contribution in [0.3, 0.4) is 0 Å². The first-order valence-corrected chi connectivity index (χ1v) is 18.3. The Morgan fingerprint density at radius 1 is 0.965 bits per heavy atom. The Morgan fingerprint density at radius 2 is 1.63 bits per heavy atom. The SMILES string of the molecule is CC(C)(C)OC(=O)Nc1nc(C(=N)C(=O)N[C@@H]2C(=O)N[C@@H]2CNC(=O)OCc2cc(-c3cc(OCc4ccccc4)c(OCc4ccccc4)c[n+]3[O-])no2)cs1. The van der Waals surface area contributed by atoms with Crippen molar-refractivity contribution < 1.29 is 47.4 Å². The molecule has 0 bridgehead atoms. The number of pyridine rings is 1. The molecule has 4 heterocycles. The predicted molar refractivity (Wildman–Crippen MR) is 203 cm³/mol. The second-order valence-electron chi connectivity index (χ2n) is 13.5. The number of carbonyl (C=O) groups is 4. The summed E-state index contributed by atoms with van der Waals surface area (Å²) in [6.45, 7) is 5.05. The van der Waals surface area contributed by atoms with E-state index in [1.807, 2.05) is 60.7 Å². The molecule has 296 valence electrons. The van der Waals surface area contributed by atoms with Crippen molar-refractivity contribution in [1.82, 2.24) is 26.1 Å². The van der Waals surface area contributed by atoms with Crippen molar-refractivity contribution in [3.63, 3.8) is 0 Å². The van der Waals surface area contributed by atoms with E-state index in [1.54, 1.807) is 20.8 Å². The largest absolute Gasteiger partial charge is 0.618 e. The topological polar surface area (TPSA) is 243 Å². The Kier molecular flexibility index (Phi) is 12.3. The summed E-state index contributed by atoms with van der Waals surface area (Å²) >= 11 is 0.987. The summed E-state index contributed by atoms with van der Waals surface area (Å²) in [6, 6.07) is 20.1. The molecule has 0 aliphatic carbocycles. The van der Waals surface area contributed by atoms with Gasteiger partial charge in [0, 0.05) is 18.0 Å². The fourth-order valence-corrected chi connectivity index (χ4v) is 5.89. The molecule has 0 saturated carbocycles. The van der Waals surface area contributed by atoms with E-state index in [0.717, 1.165) is 22.5 Å². The maximum atomic E-state index is 13.2. The van der Waals surface area contributed by atoms with Crippen LogP contribution in [0.15, 0.2) is 88.9 Å². The van der Waals surface area contributed by atoms with Crippen molar-refractivity contribution in [3.8, 4) is 22.9 Å². The van der Waals surface area contributed by atoms with Gasteiger partial charge >= 0.3 is 12.2 Å². The Morgan fingerprint density at radius 3 is 2.28 bits per heavy atom. The number of anilines is 1. The third-order valence-corrected chi connectivity index (χ3v) is 8.74. The van der Waals surface area contributed by atoms with Crippen LogP contribution >= 0.6 is 11.3 Å². The summed E-state index contributed by atoms with van der Waals surface area (Å²) < 4.78 is 28.3. The van der Waals surface area contributed by atoms with E-state index in [4.69, 9.17) is 28.9 Å². The van der Waals surface area contributed by atoms with Crippen molar-refractivity contribution in [3.05, 3.63) is 112 Å². The van der Waals surface area contributed by atoms with Crippen LogP contribution in [-0.2, 0) is 38.9 Å². The van der Waals surface area contributed by atoms with Gasteiger partial charge in [0.15, 0.2) is 28.9 Å². The molecule has 2 aromatic carbocycles. The fraction of sp³-hybridized carbons (Fsp3) is 0.263. The zero-order valence-electron chi connectivity index (χ0n) is 30.9. The average Bonchev–Trinajstić information content (AvgIpc) is 3.86. The number of hydrogen-bond acceptors (Lipinski definition) is 14.